The Balaban J connectivity index is 1.82. The highest BCUT2D eigenvalue weighted by Gasteiger charge is 2.30. The summed E-state index contributed by atoms with van der Waals surface area (Å²) in [4.78, 5) is 0. The number of benzene rings is 2. The minimum absolute atomic E-state index is 0.0634. The van der Waals surface area contributed by atoms with Crippen LogP contribution in [-0.4, -0.2) is 24.4 Å². The molecule has 0 aliphatic carbocycles. The molecule has 2 aromatic carbocycles. The third-order valence-electron chi connectivity index (χ3n) is 4.82. The van der Waals surface area contributed by atoms with Gasteiger partial charge in [0, 0.05) is 12.6 Å². The van der Waals surface area contributed by atoms with Crippen LogP contribution in [0.15, 0.2) is 54.6 Å². The molecule has 0 saturated carbocycles. The summed E-state index contributed by atoms with van der Waals surface area (Å²) in [5.74, 6) is 0.919. The molecule has 0 bridgehead atoms. The summed E-state index contributed by atoms with van der Waals surface area (Å²) in [5.41, 5.74) is 2.48. The number of rotatable bonds is 6. The normalized spacial score (nSPS) is 20.7. The van der Waals surface area contributed by atoms with Gasteiger partial charge in [0.05, 0.1) is 17.7 Å². The van der Waals surface area contributed by atoms with E-state index in [1.165, 1.54) is 11.1 Å². The summed E-state index contributed by atoms with van der Waals surface area (Å²) in [5, 5.41) is 3.88. The third-order valence-corrected chi connectivity index (χ3v) is 4.82. The molecule has 140 valence electrons. The Morgan fingerprint density at radius 2 is 1.65 bits per heavy atom. The lowest BCUT2D eigenvalue weighted by Gasteiger charge is -2.38. The van der Waals surface area contributed by atoms with Crippen LogP contribution in [0.5, 0.6) is 5.75 Å². The summed E-state index contributed by atoms with van der Waals surface area (Å²) in [6.07, 6.45) is 2.25. The van der Waals surface area contributed by atoms with E-state index in [0.29, 0.717) is 6.04 Å². The van der Waals surface area contributed by atoms with Crippen molar-refractivity contribution in [3.05, 3.63) is 65.7 Å². The van der Waals surface area contributed by atoms with E-state index in [0.717, 1.165) is 25.2 Å². The maximum absolute atomic E-state index is 5.88. The molecule has 1 fully saturated rings. The number of ether oxygens (including phenoxy) is 2. The van der Waals surface area contributed by atoms with Gasteiger partial charge in [-0.05, 0) is 63.8 Å². The van der Waals surface area contributed by atoms with Crippen molar-refractivity contribution in [1.29, 1.82) is 0 Å². The van der Waals surface area contributed by atoms with Crippen LogP contribution >= 0.6 is 0 Å². The summed E-state index contributed by atoms with van der Waals surface area (Å²) >= 11 is 0. The Morgan fingerprint density at radius 1 is 1.00 bits per heavy atom. The quantitative estimate of drug-likeness (QED) is 0.783. The fourth-order valence-electron chi connectivity index (χ4n) is 3.65. The van der Waals surface area contributed by atoms with Gasteiger partial charge in [0.15, 0.2) is 0 Å². The van der Waals surface area contributed by atoms with Gasteiger partial charge in [-0.1, -0.05) is 42.5 Å². The van der Waals surface area contributed by atoms with Crippen molar-refractivity contribution in [2.24, 2.45) is 0 Å². The van der Waals surface area contributed by atoms with E-state index in [1.807, 2.05) is 0 Å². The second kappa shape index (κ2) is 8.24. The largest absolute Gasteiger partial charge is 0.491 e. The van der Waals surface area contributed by atoms with Crippen LogP contribution in [0.2, 0.25) is 0 Å². The Labute approximate surface area is 157 Å². The van der Waals surface area contributed by atoms with Gasteiger partial charge in [0.1, 0.15) is 5.75 Å². The molecule has 3 heteroatoms. The predicted octanol–water partition coefficient (Wildman–Crippen LogP) is 5.11. The summed E-state index contributed by atoms with van der Waals surface area (Å²) in [6, 6.07) is 19.8. The third kappa shape index (κ3) is 5.09. The van der Waals surface area contributed by atoms with Gasteiger partial charge >= 0.3 is 0 Å². The highest BCUT2D eigenvalue weighted by atomic mass is 16.5. The first kappa shape index (κ1) is 18.9. The number of nitrogens with one attached hydrogen (secondary N) is 1. The SMILES string of the molecule is CC(C)Oc1ccc(C(NC2CCOC(C)(C)C2)c2ccccc2)cc1. The standard InChI is InChI=1S/C23H31NO2/c1-17(2)26-21-12-10-19(11-13-21)22(18-8-6-5-7-9-18)24-20-14-15-25-23(3,4)16-20/h5-13,17,20,22,24H,14-16H2,1-4H3. The zero-order valence-electron chi connectivity index (χ0n) is 16.4. The first-order valence-corrected chi connectivity index (χ1v) is 9.64. The van der Waals surface area contributed by atoms with Crippen LogP contribution in [0.25, 0.3) is 0 Å². The summed E-state index contributed by atoms with van der Waals surface area (Å²) in [6.45, 7) is 9.27. The van der Waals surface area contributed by atoms with Gasteiger partial charge in [-0.3, -0.25) is 0 Å². The average molecular weight is 354 g/mol. The molecule has 0 radical (unpaired) electrons. The molecule has 2 atom stereocenters. The van der Waals surface area contributed by atoms with E-state index >= 15 is 0 Å². The molecule has 0 aromatic heterocycles. The van der Waals surface area contributed by atoms with Crippen LogP contribution in [0.1, 0.15) is 57.7 Å². The van der Waals surface area contributed by atoms with E-state index in [1.54, 1.807) is 0 Å². The maximum Gasteiger partial charge on any atom is 0.119 e. The monoisotopic (exact) mass is 353 g/mol. The topological polar surface area (TPSA) is 30.5 Å². The Morgan fingerprint density at radius 3 is 2.27 bits per heavy atom. The smallest absolute Gasteiger partial charge is 0.119 e. The lowest BCUT2D eigenvalue weighted by molar-refractivity contribution is -0.0637. The van der Waals surface area contributed by atoms with Crippen molar-refractivity contribution in [1.82, 2.24) is 5.32 Å². The van der Waals surface area contributed by atoms with Crippen LogP contribution in [-0.2, 0) is 4.74 Å². The first-order valence-electron chi connectivity index (χ1n) is 9.64. The number of hydrogen-bond acceptors (Lipinski definition) is 3. The molecule has 3 nitrogen and oxygen atoms in total. The molecule has 3 rings (SSSR count). The van der Waals surface area contributed by atoms with E-state index < -0.39 is 0 Å². The van der Waals surface area contributed by atoms with Gasteiger partial charge in [0.25, 0.3) is 0 Å². The van der Waals surface area contributed by atoms with Crippen molar-refractivity contribution in [3.63, 3.8) is 0 Å². The van der Waals surface area contributed by atoms with Gasteiger partial charge in [-0.2, -0.15) is 0 Å². The van der Waals surface area contributed by atoms with Crippen LogP contribution in [0, 0.1) is 0 Å². The molecule has 2 aromatic rings. The Kier molecular flexibility index (Phi) is 6.00. The van der Waals surface area contributed by atoms with Gasteiger partial charge in [-0.15, -0.1) is 0 Å². The summed E-state index contributed by atoms with van der Waals surface area (Å²) in [7, 11) is 0. The lowest BCUT2D eigenvalue weighted by Crippen LogP contribution is -2.45. The van der Waals surface area contributed by atoms with Crippen molar-refractivity contribution < 1.29 is 9.47 Å². The molecular weight excluding hydrogens is 322 g/mol. The Hall–Kier alpha value is -1.84. The first-order chi connectivity index (χ1) is 12.4. The van der Waals surface area contributed by atoms with E-state index in [2.05, 4.69) is 87.6 Å². The highest BCUT2D eigenvalue weighted by Crippen LogP contribution is 2.29. The highest BCUT2D eigenvalue weighted by molar-refractivity contribution is 5.35. The molecule has 1 aliphatic heterocycles. The molecular formula is C23H31NO2. The van der Waals surface area contributed by atoms with E-state index in [4.69, 9.17) is 9.47 Å². The fourth-order valence-corrected chi connectivity index (χ4v) is 3.65. The van der Waals surface area contributed by atoms with E-state index in [-0.39, 0.29) is 17.7 Å². The molecule has 2 unspecified atom stereocenters. The zero-order chi connectivity index (χ0) is 18.6. The zero-order valence-corrected chi connectivity index (χ0v) is 16.4. The van der Waals surface area contributed by atoms with Crippen molar-refractivity contribution in [2.75, 3.05) is 6.61 Å². The summed E-state index contributed by atoms with van der Waals surface area (Å²) < 4.78 is 11.7. The molecule has 0 amide bonds. The molecule has 0 spiro atoms. The minimum Gasteiger partial charge on any atom is -0.491 e. The predicted molar refractivity (Wildman–Crippen MR) is 107 cm³/mol. The van der Waals surface area contributed by atoms with Crippen LogP contribution < -0.4 is 10.1 Å². The molecule has 1 N–H and O–H groups in total. The van der Waals surface area contributed by atoms with Crippen LogP contribution in [0.3, 0.4) is 0 Å². The van der Waals surface area contributed by atoms with Gasteiger partial charge in [0.2, 0.25) is 0 Å². The fraction of sp³-hybridized carbons (Fsp3) is 0.478. The van der Waals surface area contributed by atoms with Crippen molar-refractivity contribution in [3.8, 4) is 5.75 Å². The average Bonchev–Trinajstić information content (AvgIpc) is 2.60. The molecule has 1 saturated heterocycles. The lowest BCUT2D eigenvalue weighted by atomic mass is 9.91. The van der Waals surface area contributed by atoms with Crippen LogP contribution in [0.4, 0.5) is 0 Å². The number of hydrogen-bond donors (Lipinski definition) is 1. The molecule has 1 aliphatic rings. The minimum atomic E-state index is -0.0634. The van der Waals surface area contributed by atoms with Crippen molar-refractivity contribution in [2.45, 2.75) is 64.3 Å². The second-order valence-electron chi connectivity index (χ2n) is 8.04. The second-order valence-corrected chi connectivity index (χ2v) is 8.04. The molecule has 26 heavy (non-hydrogen) atoms. The van der Waals surface area contributed by atoms with E-state index in [9.17, 15) is 0 Å². The van der Waals surface area contributed by atoms with Gasteiger partial charge < -0.3 is 14.8 Å². The Bertz CT molecular complexity index is 679. The maximum atomic E-state index is 5.88. The van der Waals surface area contributed by atoms with Crippen molar-refractivity contribution >= 4 is 0 Å². The molecule has 1 heterocycles. The van der Waals surface area contributed by atoms with Gasteiger partial charge in [-0.25, -0.2) is 0 Å².